The van der Waals surface area contributed by atoms with E-state index in [0.717, 1.165) is 33.0 Å². The Kier molecular flexibility index (Phi) is 8.47. The first-order valence-corrected chi connectivity index (χ1v) is 7.12. The molecule has 0 aliphatic carbocycles. The Morgan fingerprint density at radius 1 is 1.14 bits per heavy atom. The Hall–Kier alpha value is -1.83. The van der Waals surface area contributed by atoms with Crippen LogP contribution < -0.4 is 5.73 Å². The highest BCUT2D eigenvalue weighted by molar-refractivity contribution is 5.97. The number of nitrogens with zero attached hydrogens (tertiary/aromatic N) is 1. The van der Waals surface area contributed by atoms with Gasteiger partial charge >= 0.3 is 18.0 Å². The lowest BCUT2D eigenvalue weighted by Crippen LogP contribution is -2.39. The molecular formula is C14H26N2O6. The molecule has 128 valence electrons. The van der Waals surface area contributed by atoms with E-state index in [1.807, 2.05) is 20.8 Å². The summed E-state index contributed by atoms with van der Waals surface area (Å²) in [6, 6.07) is -1.56. The SMILES string of the molecule is CC(C)(C)OC(=O)N1CCCCC1.COC(=O)[C@H](N)C(=O)O. The number of nitrogens with two attached hydrogens (primary N) is 1. The molecule has 8 heteroatoms. The first-order chi connectivity index (χ1) is 10.1. The molecule has 8 nitrogen and oxygen atoms in total. The van der Waals surface area contributed by atoms with Crippen LogP contribution in [0, 0.1) is 0 Å². The van der Waals surface area contributed by atoms with Crippen molar-refractivity contribution in [1.82, 2.24) is 4.90 Å². The minimum atomic E-state index is -1.56. The van der Waals surface area contributed by atoms with E-state index in [2.05, 4.69) is 4.74 Å². The molecule has 0 saturated carbocycles. The molecule has 1 atom stereocenters. The van der Waals surface area contributed by atoms with Gasteiger partial charge in [-0.15, -0.1) is 0 Å². The largest absolute Gasteiger partial charge is 0.480 e. The van der Waals surface area contributed by atoms with Crippen LogP contribution in [0.1, 0.15) is 40.0 Å². The average Bonchev–Trinajstić information content (AvgIpc) is 2.45. The number of hydrogen-bond donors (Lipinski definition) is 2. The van der Waals surface area contributed by atoms with Gasteiger partial charge in [0.2, 0.25) is 6.04 Å². The maximum Gasteiger partial charge on any atom is 0.410 e. The summed E-state index contributed by atoms with van der Waals surface area (Å²) in [6.45, 7) is 7.41. The fourth-order valence-electron chi connectivity index (χ4n) is 1.63. The average molecular weight is 318 g/mol. The van der Waals surface area contributed by atoms with Gasteiger partial charge in [0.15, 0.2) is 0 Å². The van der Waals surface area contributed by atoms with Gasteiger partial charge in [-0.25, -0.2) is 14.4 Å². The van der Waals surface area contributed by atoms with Crippen molar-refractivity contribution in [3.05, 3.63) is 0 Å². The van der Waals surface area contributed by atoms with E-state index >= 15 is 0 Å². The van der Waals surface area contributed by atoms with Crippen LogP contribution >= 0.6 is 0 Å². The molecule has 22 heavy (non-hydrogen) atoms. The third-order valence-electron chi connectivity index (χ3n) is 2.73. The van der Waals surface area contributed by atoms with Crippen molar-refractivity contribution in [1.29, 1.82) is 0 Å². The first-order valence-electron chi connectivity index (χ1n) is 7.12. The van der Waals surface area contributed by atoms with Crippen LogP contribution in [-0.2, 0) is 19.1 Å². The summed E-state index contributed by atoms with van der Waals surface area (Å²) < 4.78 is 9.29. The third-order valence-corrected chi connectivity index (χ3v) is 2.73. The zero-order chi connectivity index (χ0) is 17.3. The monoisotopic (exact) mass is 318 g/mol. The van der Waals surface area contributed by atoms with E-state index in [1.54, 1.807) is 4.90 Å². The second kappa shape index (κ2) is 9.24. The number of ether oxygens (including phenoxy) is 2. The molecule has 0 aromatic heterocycles. The van der Waals surface area contributed by atoms with Crippen molar-refractivity contribution in [3.63, 3.8) is 0 Å². The maximum absolute atomic E-state index is 11.5. The number of carbonyl (C=O) groups excluding carboxylic acids is 2. The van der Waals surface area contributed by atoms with Gasteiger partial charge in [0, 0.05) is 13.1 Å². The van der Waals surface area contributed by atoms with E-state index < -0.39 is 18.0 Å². The molecule has 1 aliphatic heterocycles. The molecule has 3 N–H and O–H groups in total. The van der Waals surface area contributed by atoms with E-state index in [4.69, 9.17) is 15.6 Å². The first kappa shape index (κ1) is 20.2. The highest BCUT2D eigenvalue weighted by atomic mass is 16.6. The summed E-state index contributed by atoms with van der Waals surface area (Å²) in [5.74, 6) is -2.33. The lowest BCUT2D eigenvalue weighted by molar-refractivity contribution is -0.151. The van der Waals surface area contributed by atoms with Crippen molar-refractivity contribution in [2.75, 3.05) is 20.2 Å². The van der Waals surface area contributed by atoms with Crippen LogP contribution in [-0.4, -0.2) is 59.9 Å². The number of likely N-dealkylation sites (tertiary alicyclic amines) is 1. The summed E-state index contributed by atoms with van der Waals surface area (Å²) in [5, 5.41) is 8.06. The minimum Gasteiger partial charge on any atom is -0.480 e. The second-order valence-corrected chi connectivity index (χ2v) is 5.87. The topological polar surface area (TPSA) is 119 Å². The third kappa shape index (κ3) is 8.46. The van der Waals surface area contributed by atoms with Gasteiger partial charge in [0.1, 0.15) is 5.60 Å². The molecule has 0 spiro atoms. The highest BCUT2D eigenvalue weighted by Crippen LogP contribution is 2.14. The molecule has 0 unspecified atom stereocenters. The fraction of sp³-hybridized carbons (Fsp3) is 0.786. The summed E-state index contributed by atoms with van der Waals surface area (Å²) in [5.41, 5.74) is 4.43. The van der Waals surface area contributed by atoms with Gasteiger partial charge in [0.25, 0.3) is 0 Å². The van der Waals surface area contributed by atoms with E-state index in [0.29, 0.717) is 0 Å². The number of rotatable bonds is 2. The molecule has 0 aromatic rings. The molecule has 1 rings (SSSR count). The van der Waals surface area contributed by atoms with Gasteiger partial charge in [-0.1, -0.05) is 0 Å². The predicted molar refractivity (Wildman–Crippen MR) is 79.3 cm³/mol. The summed E-state index contributed by atoms with van der Waals surface area (Å²) in [7, 11) is 1.07. The van der Waals surface area contributed by atoms with Gasteiger partial charge in [0.05, 0.1) is 7.11 Å². The van der Waals surface area contributed by atoms with E-state index in [-0.39, 0.29) is 11.7 Å². The van der Waals surface area contributed by atoms with Crippen molar-refractivity contribution in [2.45, 2.75) is 51.7 Å². The Morgan fingerprint density at radius 3 is 1.95 bits per heavy atom. The molecule has 1 saturated heterocycles. The molecule has 1 fully saturated rings. The highest BCUT2D eigenvalue weighted by Gasteiger charge is 2.23. The lowest BCUT2D eigenvalue weighted by atomic mass is 10.1. The van der Waals surface area contributed by atoms with Gasteiger partial charge in [-0.2, -0.15) is 0 Å². The van der Waals surface area contributed by atoms with Crippen LogP contribution in [0.3, 0.4) is 0 Å². The van der Waals surface area contributed by atoms with Crippen LogP contribution in [0.25, 0.3) is 0 Å². The number of piperidine rings is 1. The Labute approximate surface area is 130 Å². The Balaban J connectivity index is 0.000000433. The second-order valence-electron chi connectivity index (χ2n) is 5.87. The Bertz CT molecular complexity index is 385. The zero-order valence-electron chi connectivity index (χ0n) is 13.6. The summed E-state index contributed by atoms with van der Waals surface area (Å²) >= 11 is 0. The van der Waals surface area contributed by atoms with E-state index in [1.165, 1.54) is 6.42 Å². The van der Waals surface area contributed by atoms with Crippen molar-refractivity contribution < 1.29 is 29.0 Å². The normalized spacial score (nSPS) is 16.0. The molecule has 0 aromatic carbocycles. The standard InChI is InChI=1S/C10H19NO2.C4H7NO4/c1-10(2,3)13-9(12)11-7-5-4-6-8-11;1-9-4(8)2(5)3(6)7/h4-8H2,1-3H3;2H,5H2,1H3,(H,6,7)/t;2-/m.1/s1. The summed E-state index contributed by atoms with van der Waals surface area (Å²) in [6.07, 6.45) is 3.30. The van der Waals surface area contributed by atoms with Crippen molar-refractivity contribution in [3.8, 4) is 0 Å². The summed E-state index contributed by atoms with van der Waals surface area (Å²) in [4.78, 5) is 33.4. The quantitative estimate of drug-likeness (QED) is 0.575. The van der Waals surface area contributed by atoms with Gasteiger partial charge < -0.3 is 25.2 Å². The van der Waals surface area contributed by atoms with Crippen LogP contribution in [0.5, 0.6) is 0 Å². The molecule has 0 radical (unpaired) electrons. The fourth-order valence-corrected chi connectivity index (χ4v) is 1.63. The van der Waals surface area contributed by atoms with E-state index in [9.17, 15) is 14.4 Å². The number of carbonyl (C=O) groups is 3. The predicted octanol–water partition coefficient (Wildman–Crippen LogP) is 0.979. The molecular weight excluding hydrogens is 292 g/mol. The lowest BCUT2D eigenvalue weighted by Gasteiger charge is -2.29. The number of esters is 1. The zero-order valence-corrected chi connectivity index (χ0v) is 13.6. The maximum atomic E-state index is 11.5. The van der Waals surface area contributed by atoms with Gasteiger partial charge in [-0.05, 0) is 40.0 Å². The number of hydrogen-bond acceptors (Lipinski definition) is 6. The minimum absolute atomic E-state index is 0.160. The van der Waals surface area contributed by atoms with Crippen LogP contribution in [0.4, 0.5) is 4.79 Å². The van der Waals surface area contributed by atoms with Crippen LogP contribution in [0.15, 0.2) is 0 Å². The number of carboxylic acids is 1. The molecule has 1 amide bonds. The van der Waals surface area contributed by atoms with Crippen molar-refractivity contribution >= 4 is 18.0 Å². The Morgan fingerprint density at radius 2 is 1.64 bits per heavy atom. The number of methoxy groups -OCH3 is 1. The van der Waals surface area contributed by atoms with Crippen LogP contribution in [0.2, 0.25) is 0 Å². The molecule has 1 heterocycles. The molecule has 1 aliphatic rings. The van der Waals surface area contributed by atoms with Gasteiger partial charge in [-0.3, -0.25) is 0 Å². The molecule has 0 bridgehead atoms. The number of aliphatic carboxylic acids is 1. The van der Waals surface area contributed by atoms with Crippen molar-refractivity contribution in [2.24, 2.45) is 5.73 Å². The number of carboxylic acid groups (broad SMARTS) is 1. The smallest absolute Gasteiger partial charge is 0.410 e. The number of amides is 1.